The van der Waals surface area contributed by atoms with Gasteiger partial charge in [0.1, 0.15) is 5.75 Å². The molecular weight excluding hydrogens is 378 g/mol. The summed E-state index contributed by atoms with van der Waals surface area (Å²) >= 11 is 0. The number of terminal acetylenes is 2. The first kappa shape index (κ1) is 20.2. The fraction of sp³-hybridized carbons (Fsp3) is 0.360. The van der Waals surface area contributed by atoms with Crippen molar-refractivity contribution < 1.29 is 19.3 Å². The minimum absolute atomic E-state index is 0.0326. The SMILES string of the molecule is C#C.C#C.CN1Cc2c(ccc3c2OCO3)C2C(O)Cc3cc4c(cc3C21)OCC4. The van der Waals surface area contributed by atoms with Crippen LogP contribution in [0.25, 0.3) is 0 Å². The van der Waals surface area contributed by atoms with E-state index in [0.717, 1.165) is 42.4 Å². The largest absolute Gasteiger partial charge is 0.493 e. The highest BCUT2D eigenvalue weighted by Crippen LogP contribution is 2.53. The highest BCUT2D eigenvalue weighted by atomic mass is 16.7. The minimum atomic E-state index is -0.408. The lowest BCUT2D eigenvalue weighted by Crippen LogP contribution is -2.43. The van der Waals surface area contributed by atoms with E-state index in [1.165, 1.54) is 22.3 Å². The van der Waals surface area contributed by atoms with Crippen molar-refractivity contribution in [2.24, 2.45) is 0 Å². The Bertz CT molecular complexity index is 1000. The van der Waals surface area contributed by atoms with Crippen LogP contribution in [0.5, 0.6) is 17.2 Å². The first-order chi connectivity index (χ1) is 14.7. The third kappa shape index (κ3) is 2.91. The van der Waals surface area contributed by atoms with Gasteiger partial charge in [-0.3, -0.25) is 4.90 Å². The number of hydrogen-bond donors (Lipinski definition) is 1. The van der Waals surface area contributed by atoms with Crippen molar-refractivity contribution in [1.29, 1.82) is 0 Å². The van der Waals surface area contributed by atoms with Gasteiger partial charge in [0.2, 0.25) is 6.79 Å². The van der Waals surface area contributed by atoms with Crippen LogP contribution in [0, 0.1) is 25.7 Å². The van der Waals surface area contributed by atoms with E-state index >= 15 is 0 Å². The number of nitrogens with zero attached hydrogens (tertiary/aromatic N) is 1. The molecule has 1 N–H and O–H groups in total. The number of likely N-dealkylation sites (N-methyl/N-ethyl adjacent to an activating group) is 1. The lowest BCUT2D eigenvalue weighted by Gasteiger charge is -2.46. The van der Waals surface area contributed by atoms with Crippen molar-refractivity contribution in [3.63, 3.8) is 0 Å². The minimum Gasteiger partial charge on any atom is -0.493 e. The van der Waals surface area contributed by atoms with E-state index in [0.29, 0.717) is 6.42 Å². The third-order valence-corrected chi connectivity index (χ3v) is 6.37. The van der Waals surface area contributed by atoms with Gasteiger partial charge >= 0.3 is 0 Å². The molecule has 0 radical (unpaired) electrons. The third-order valence-electron chi connectivity index (χ3n) is 6.37. The maximum atomic E-state index is 11.1. The summed E-state index contributed by atoms with van der Waals surface area (Å²) in [4.78, 5) is 2.33. The normalized spacial score (nSPS) is 24.4. The summed E-state index contributed by atoms with van der Waals surface area (Å²) in [5, 5.41) is 11.1. The van der Waals surface area contributed by atoms with Gasteiger partial charge in [0.05, 0.1) is 12.7 Å². The zero-order valence-electron chi connectivity index (χ0n) is 17.0. The molecule has 5 heteroatoms. The zero-order chi connectivity index (χ0) is 21.4. The van der Waals surface area contributed by atoms with Gasteiger partial charge < -0.3 is 19.3 Å². The Morgan fingerprint density at radius 3 is 2.57 bits per heavy atom. The number of fused-ring (bicyclic) bond motifs is 8. The van der Waals surface area contributed by atoms with Gasteiger partial charge in [-0.2, -0.15) is 0 Å². The van der Waals surface area contributed by atoms with Crippen LogP contribution in [0.4, 0.5) is 0 Å². The van der Waals surface area contributed by atoms with Gasteiger partial charge in [0.15, 0.2) is 11.5 Å². The molecule has 3 aliphatic heterocycles. The summed E-state index contributed by atoms with van der Waals surface area (Å²) in [6, 6.07) is 8.72. The van der Waals surface area contributed by atoms with Gasteiger partial charge in [-0.05, 0) is 47.9 Å². The van der Waals surface area contributed by atoms with Crippen molar-refractivity contribution in [2.75, 3.05) is 20.4 Å². The van der Waals surface area contributed by atoms with Crippen molar-refractivity contribution in [3.8, 4) is 42.9 Å². The molecule has 6 rings (SSSR count). The highest BCUT2D eigenvalue weighted by molar-refractivity contribution is 5.57. The van der Waals surface area contributed by atoms with Crippen molar-refractivity contribution >= 4 is 0 Å². The fourth-order valence-electron chi connectivity index (χ4n) is 5.26. The summed E-state index contributed by atoms with van der Waals surface area (Å²) in [5.41, 5.74) is 6.18. The van der Waals surface area contributed by atoms with Gasteiger partial charge in [0, 0.05) is 30.5 Å². The molecule has 0 saturated carbocycles. The van der Waals surface area contributed by atoms with Crippen LogP contribution >= 0.6 is 0 Å². The maximum Gasteiger partial charge on any atom is 0.231 e. The molecule has 0 spiro atoms. The van der Waals surface area contributed by atoms with Crippen molar-refractivity contribution in [3.05, 3.63) is 52.1 Å². The molecule has 154 valence electrons. The van der Waals surface area contributed by atoms with Gasteiger partial charge in [-0.15, -0.1) is 25.7 Å². The monoisotopic (exact) mass is 403 g/mol. The number of benzene rings is 2. The van der Waals surface area contributed by atoms with Gasteiger partial charge in [0.25, 0.3) is 0 Å². The maximum absolute atomic E-state index is 11.1. The standard InChI is InChI=1S/C21H21NO4.2C2H2/c1-22-9-15-13(2-3-17-21(15)26-10-25-17)19-16(23)7-12-6-11-4-5-24-18(11)8-14(12)20(19)22;2*1-2/h2-3,6,8,16,19-20,23H,4-5,7,9-10H2,1H3;2*1-2H. The molecule has 3 heterocycles. The smallest absolute Gasteiger partial charge is 0.231 e. The number of rotatable bonds is 0. The van der Waals surface area contributed by atoms with Crippen LogP contribution in [0.15, 0.2) is 24.3 Å². The van der Waals surface area contributed by atoms with Crippen LogP contribution in [-0.4, -0.2) is 36.6 Å². The van der Waals surface area contributed by atoms with Crippen LogP contribution in [-0.2, 0) is 19.4 Å². The summed E-state index contributed by atoms with van der Waals surface area (Å²) in [6.07, 6.45) is 17.2. The first-order valence-electron chi connectivity index (χ1n) is 9.95. The molecule has 4 aliphatic rings. The molecule has 0 saturated heterocycles. The fourth-order valence-corrected chi connectivity index (χ4v) is 5.26. The van der Waals surface area contributed by atoms with E-state index in [1.54, 1.807) is 0 Å². The average Bonchev–Trinajstić information content (AvgIpc) is 3.44. The summed E-state index contributed by atoms with van der Waals surface area (Å²) in [5.74, 6) is 2.71. The molecule has 2 aromatic rings. The Labute approximate surface area is 177 Å². The molecule has 0 aromatic heterocycles. The molecule has 3 unspecified atom stereocenters. The van der Waals surface area contributed by atoms with Crippen molar-refractivity contribution in [1.82, 2.24) is 4.90 Å². The van der Waals surface area contributed by atoms with E-state index < -0.39 is 6.10 Å². The Morgan fingerprint density at radius 2 is 1.77 bits per heavy atom. The van der Waals surface area contributed by atoms with E-state index in [4.69, 9.17) is 14.2 Å². The first-order valence-corrected chi connectivity index (χ1v) is 9.95. The van der Waals surface area contributed by atoms with Crippen LogP contribution in [0.3, 0.4) is 0 Å². The van der Waals surface area contributed by atoms with E-state index in [2.05, 4.69) is 55.8 Å². The van der Waals surface area contributed by atoms with E-state index in [9.17, 15) is 5.11 Å². The lowest BCUT2D eigenvalue weighted by atomic mass is 9.70. The van der Waals surface area contributed by atoms with Gasteiger partial charge in [-0.25, -0.2) is 0 Å². The molecule has 30 heavy (non-hydrogen) atoms. The Balaban J connectivity index is 0.000000516. The van der Waals surface area contributed by atoms with Gasteiger partial charge in [-0.1, -0.05) is 12.1 Å². The summed E-state index contributed by atoms with van der Waals surface area (Å²) in [6.45, 7) is 1.82. The predicted octanol–water partition coefficient (Wildman–Crippen LogP) is 3.04. The Kier molecular flexibility index (Phi) is 5.35. The van der Waals surface area contributed by atoms with Crippen LogP contribution in [0.1, 0.15) is 39.8 Å². The molecule has 0 bridgehead atoms. The number of aliphatic hydroxyl groups excluding tert-OH is 1. The molecule has 0 amide bonds. The molecule has 2 aromatic carbocycles. The highest BCUT2D eigenvalue weighted by Gasteiger charge is 2.45. The second-order valence-corrected chi connectivity index (χ2v) is 7.78. The van der Waals surface area contributed by atoms with Crippen LogP contribution in [0.2, 0.25) is 0 Å². The molecule has 5 nitrogen and oxygen atoms in total. The average molecular weight is 403 g/mol. The van der Waals surface area contributed by atoms with E-state index in [-0.39, 0.29) is 18.8 Å². The molecule has 1 aliphatic carbocycles. The molecule has 3 atom stereocenters. The molecule has 0 fully saturated rings. The summed E-state index contributed by atoms with van der Waals surface area (Å²) < 4.78 is 17.1. The predicted molar refractivity (Wildman–Crippen MR) is 115 cm³/mol. The summed E-state index contributed by atoms with van der Waals surface area (Å²) in [7, 11) is 2.13. The Hall–Kier alpha value is -3.12. The Morgan fingerprint density at radius 1 is 0.967 bits per heavy atom. The second kappa shape index (κ2) is 7.95. The topological polar surface area (TPSA) is 51.2 Å². The number of ether oxygens (including phenoxy) is 3. The zero-order valence-corrected chi connectivity index (χ0v) is 17.0. The second-order valence-electron chi connectivity index (χ2n) is 7.78. The van der Waals surface area contributed by atoms with E-state index in [1.807, 2.05) is 6.07 Å². The molecular formula is C25H25NO4. The number of hydrogen-bond acceptors (Lipinski definition) is 5. The van der Waals surface area contributed by atoms with Crippen molar-refractivity contribution in [2.45, 2.75) is 37.5 Å². The number of aliphatic hydroxyl groups is 1. The lowest BCUT2D eigenvalue weighted by molar-refractivity contribution is 0.0590. The van der Waals surface area contributed by atoms with Crippen LogP contribution < -0.4 is 14.2 Å². The quantitative estimate of drug-likeness (QED) is 0.686.